The number of anilines is 1. The molecule has 1 aromatic heterocycles. The molecule has 40 heavy (non-hydrogen) atoms. The van der Waals surface area contributed by atoms with E-state index in [-0.39, 0.29) is 39.9 Å². The van der Waals surface area contributed by atoms with Gasteiger partial charge in [0, 0.05) is 23.0 Å². The van der Waals surface area contributed by atoms with Crippen molar-refractivity contribution in [2.24, 2.45) is 17.8 Å². The van der Waals surface area contributed by atoms with Crippen LogP contribution < -0.4 is 5.32 Å². The maximum Gasteiger partial charge on any atom is 0.255 e. The lowest BCUT2D eigenvalue weighted by molar-refractivity contribution is -0.149. The summed E-state index contributed by atoms with van der Waals surface area (Å²) in [4.78, 5) is 17.0. The number of hydrogen-bond acceptors (Lipinski definition) is 6. The van der Waals surface area contributed by atoms with Crippen molar-refractivity contribution in [2.45, 2.75) is 55.0 Å². The Morgan fingerprint density at radius 2 is 1.85 bits per heavy atom. The van der Waals surface area contributed by atoms with Crippen molar-refractivity contribution < 1.29 is 32.2 Å². The number of hydrogen-bond donors (Lipinski definition) is 3. The first-order valence-electron chi connectivity index (χ1n) is 13.0. The first-order valence-corrected chi connectivity index (χ1v) is 14.9. The standard InChI is InChI=1S/C29H29ClF2N2O5S/c1-15-10-18-12-20(14-21(15)29(18,37)27(35)25-5-3-4-16(2)33-25)40(38,39)26-11-17(6-8-22(26)30)28(36)34-19-7-9-23(31)24(32)13-19/h3-9,11,13,15,18,20-21,27,35,37H,10,12,14H2,1-2H3,(H,34,36)/t15-,18?,20?,21?,27+,29+/m0/s1. The molecule has 0 radical (unpaired) electrons. The number of carbonyl (C=O) groups is 1. The van der Waals surface area contributed by atoms with Crippen LogP contribution in [-0.4, -0.2) is 40.4 Å². The first-order chi connectivity index (χ1) is 18.8. The average molecular weight is 591 g/mol. The smallest absolute Gasteiger partial charge is 0.255 e. The molecule has 3 unspecified atom stereocenters. The quantitative estimate of drug-likeness (QED) is 0.361. The Hall–Kier alpha value is -2.92. The summed E-state index contributed by atoms with van der Waals surface area (Å²) in [6.07, 6.45) is -0.533. The van der Waals surface area contributed by atoms with Crippen molar-refractivity contribution >= 4 is 33.0 Å². The zero-order chi connectivity index (χ0) is 29.0. The summed E-state index contributed by atoms with van der Waals surface area (Å²) in [7, 11) is -4.06. The van der Waals surface area contributed by atoms with E-state index >= 15 is 0 Å². The summed E-state index contributed by atoms with van der Waals surface area (Å²) in [5.74, 6) is -3.98. The molecule has 2 saturated carbocycles. The number of amides is 1. The lowest BCUT2D eigenvalue weighted by Gasteiger charge is -2.45. The third-order valence-electron chi connectivity index (χ3n) is 8.40. The van der Waals surface area contributed by atoms with E-state index in [4.69, 9.17) is 11.6 Å². The molecule has 6 atom stereocenters. The fourth-order valence-electron chi connectivity index (χ4n) is 6.42. The van der Waals surface area contributed by atoms with Crippen LogP contribution in [0, 0.1) is 36.3 Å². The van der Waals surface area contributed by atoms with Crippen LogP contribution in [0.15, 0.2) is 59.5 Å². The van der Waals surface area contributed by atoms with E-state index in [1.165, 1.54) is 24.3 Å². The number of sulfone groups is 1. The van der Waals surface area contributed by atoms with E-state index in [0.29, 0.717) is 17.8 Å². The minimum Gasteiger partial charge on any atom is -0.386 e. The predicted molar refractivity (Wildman–Crippen MR) is 146 cm³/mol. The minimum atomic E-state index is -4.06. The van der Waals surface area contributed by atoms with E-state index in [1.807, 2.05) is 6.92 Å². The van der Waals surface area contributed by atoms with Crippen LogP contribution in [0.3, 0.4) is 0 Å². The van der Waals surface area contributed by atoms with Crippen molar-refractivity contribution in [3.8, 4) is 0 Å². The molecule has 1 amide bonds. The summed E-state index contributed by atoms with van der Waals surface area (Å²) in [6.45, 7) is 3.73. The predicted octanol–water partition coefficient (Wildman–Crippen LogP) is 5.25. The molecule has 2 aliphatic rings. The van der Waals surface area contributed by atoms with Gasteiger partial charge in [-0.1, -0.05) is 24.6 Å². The maximum absolute atomic E-state index is 13.9. The number of fused-ring (bicyclic) bond motifs is 2. The van der Waals surface area contributed by atoms with Crippen LogP contribution in [0.25, 0.3) is 0 Å². The van der Waals surface area contributed by atoms with Crippen LogP contribution in [0.4, 0.5) is 14.5 Å². The van der Waals surface area contributed by atoms with Gasteiger partial charge in [0.1, 0.15) is 11.7 Å². The zero-order valence-corrected chi connectivity index (χ0v) is 23.4. The summed E-state index contributed by atoms with van der Waals surface area (Å²) in [6, 6.07) is 11.9. The normalized spacial score (nSPS) is 26.9. The highest BCUT2D eigenvalue weighted by Gasteiger charge is 2.62. The molecule has 2 bridgehead atoms. The van der Waals surface area contributed by atoms with Gasteiger partial charge in [-0.15, -0.1) is 0 Å². The van der Waals surface area contributed by atoms with E-state index in [1.54, 1.807) is 25.1 Å². The lowest BCUT2D eigenvalue weighted by atomic mass is 9.69. The van der Waals surface area contributed by atoms with Gasteiger partial charge in [0.25, 0.3) is 5.91 Å². The second-order valence-corrected chi connectivity index (χ2v) is 13.5. The van der Waals surface area contributed by atoms with Crippen LogP contribution in [0.2, 0.25) is 5.02 Å². The number of halogens is 3. The second kappa shape index (κ2) is 10.5. The maximum atomic E-state index is 13.9. The molecule has 3 aromatic rings. The first kappa shape index (κ1) is 28.6. The number of aliphatic hydroxyl groups excluding tert-OH is 1. The molecule has 3 N–H and O–H groups in total. The number of pyridine rings is 1. The van der Waals surface area contributed by atoms with Gasteiger partial charge in [0.05, 0.1) is 20.9 Å². The van der Waals surface area contributed by atoms with Crippen LogP contribution in [-0.2, 0) is 9.84 Å². The Kier molecular flexibility index (Phi) is 7.50. The molecule has 2 fully saturated rings. The van der Waals surface area contributed by atoms with Gasteiger partial charge in [-0.05, 0) is 86.4 Å². The molecular weight excluding hydrogens is 562 g/mol. The second-order valence-electron chi connectivity index (χ2n) is 10.9. The molecule has 0 spiro atoms. The average Bonchev–Trinajstić information content (AvgIpc) is 3.02. The number of aliphatic hydroxyl groups is 2. The molecule has 1 heterocycles. The van der Waals surface area contributed by atoms with Gasteiger partial charge in [-0.3, -0.25) is 9.78 Å². The van der Waals surface area contributed by atoms with Gasteiger partial charge in [-0.2, -0.15) is 0 Å². The molecule has 2 aromatic carbocycles. The number of benzene rings is 2. The Labute approximate surface area is 236 Å². The highest BCUT2D eigenvalue weighted by atomic mass is 35.5. The van der Waals surface area contributed by atoms with Crippen molar-refractivity contribution in [3.63, 3.8) is 0 Å². The molecule has 0 aliphatic heterocycles. The number of nitrogens with zero attached hydrogens (tertiary/aromatic N) is 1. The monoisotopic (exact) mass is 590 g/mol. The van der Waals surface area contributed by atoms with Crippen LogP contribution in [0.1, 0.15) is 54.0 Å². The molecule has 5 rings (SSSR count). The Morgan fingerprint density at radius 3 is 2.52 bits per heavy atom. The van der Waals surface area contributed by atoms with Crippen LogP contribution >= 0.6 is 11.6 Å². The van der Waals surface area contributed by atoms with E-state index < -0.39 is 56.2 Å². The Bertz CT molecular complexity index is 1590. The van der Waals surface area contributed by atoms with Gasteiger partial charge in [0.2, 0.25) is 0 Å². The Morgan fingerprint density at radius 1 is 1.10 bits per heavy atom. The van der Waals surface area contributed by atoms with E-state index in [9.17, 15) is 32.2 Å². The largest absolute Gasteiger partial charge is 0.386 e. The van der Waals surface area contributed by atoms with Crippen molar-refractivity contribution in [2.75, 3.05) is 5.32 Å². The summed E-state index contributed by atoms with van der Waals surface area (Å²) in [5, 5.41) is 24.6. The van der Waals surface area contributed by atoms with Gasteiger partial charge >= 0.3 is 0 Å². The fourth-order valence-corrected chi connectivity index (χ4v) is 8.79. The Balaban J connectivity index is 1.41. The number of nitrogens with one attached hydrogen (secondary N) is 1. The SMILES string of the molecule is Cc1cccc([C@@H](O)[C@@]2(O)C3CC(S(=O)(=O)c4cc(C(=O)Nc5ccc(F)c(F)c5)ccc4Cl)CC2[C@@H](C)C3)n1. The molecule has 7 nitrogen and oxygen atoms in total. The molecular formula is C29H29ClF2N2O5S. The summed E-state index contributed by atoms with van der Waals surface area (Å²) < 4.78 is 54.6. The molecule has 0 saturated heterocycles. The fraction of sp³-hybridized carbons (Fsp3) is 0.379. The summed E-state index contributed by atoms with van der Waals surface area (Å²) in [5.41, 5.74) is -0.530. The zero-order valence-electron chi connectivity index (χ0n) is 21.8. The number of aromatic nitrogens is 1. The highest BCUT2D eigenvalue weighted by molar-refractivity contribution is 7.92. The van der Waals surface area contributed by atoms with Gasteiger partial charge in [0.15, 0.2) is 21.5 Å². The lowest BCUT2D eigenvalue weighted by Crippen LogP contribution is -2.52. The molecule has 212 valence electrons. The van der Waals surface area contributed by atoms with Crippen molar-refractivity contribution in [1.82, 2.24) is 4.98 Å². The van der Waals surface area contributed by atoms with Crippen molar-refractivity contribution in [3.05, 3.63) is 88.2 Å². The minimum absolute atomic E-state index is 0.00189. The van der Waals surface area contributed by atoms with Gasteiger partial charge in [-0.25, -0.2) is 17.2 Å². The molecule has 11 heteroatoms. The number of carbonyl (C=O) groups excluding carboxylic acids is 1. The molecule has 2 aliphatic carbocycles. The topological polar surface area (TPSA) is 117 Å². The number of aryl methyl sites for hydroxylation is 1. The number of rotatable bonds is 6. The van der Waals surface area contributed by atoms with Crippen molar-refractivity contribution in [1.29, 1.82) is 0 Å². The van der Waals surface area contributed by atoms with Gasteiger partial charge < -0.3 is 15.5 Å². The highest BCUT2D eigenvalue weighted by Crippen LogP contribution is 2.58. The van der Waals surface area contributed by atoms with E-state index in [2.05, 4.69) is 10.3 Å². The van der Waals surface area contributed by atoms with E-state index in [0.717, 1.165) is 12.1 Å². The third kappa shape index (κ3) is 4.91. The van der Waals surface area contributed by atoms with Crippen LogP contribution in [0.5, 0.6) is 0 Å². The summed E-state index contributed by atoms with van der Waals surface area (Å²) >= 11 is 6.32. The third-order valence-corrected chi connectivity index (χ3v) is 11.1.